The molecule has 0 N–H and O–H groups in total. The van der Waals surface area contributed by atoms with Crippen molar-refractivity contribution in [3.8, 4) is 0 Å². The molecule has 4 aromatic rings. The number of hydrogen-bond acceptors (Lipinski definition) is 1. The molecule has 0 saturated heterocycles. The molecule has 4 rings (SSSR count). The van der Waals surface area contributed by atoms with E-state index in [1.54, 1.807) is 0 Å². The van der Waals surface area contributed by atoms with Crippen molar-refractivity contribution in [1.82, 2.24) is 0 Å². The lowest BCUT2D eigenvalue weighted by atomic mass is 9.97. The standard InChI is InChI=1S/C30H18Br8O/c31-23-17-9-7-15-21(23)25(19-11-3-1-4-12-19)27(33)29(35,36)39-30(37,38)28(34)26(20-13-5-2-6-14-20)22-16-8-10-18-24(22)32/h1-18H. The monoisotopic (exact) mass is 1030 g/mol. The van der Waals surface area contributed by atoms with Crippen LogP contribution in [0, 0.1) is 0 Å². The van der Waals surface area contributed by atoms with Crippen LogP contribution in [-0.2, 0) is 4.74 Å². The smallest absolute Gasteiger partial charge is 0.213 e. The van der Waals surface area contributed by atoms with E-state index >= 15 is 0 Å². The Bertz CT molecular complexity index is 1400. The zero-order valence-corrected chi connectivity index (χ0v) is 32.5. The fourth-order valence-corrected chi connectivity index (χ4v) is 8.53. The van der Waals surface area contributed by atoms with E-state index in [1.807, 2.05) is 72.8 Å². The van der Waals surface area contributed by atoms with E-state index in [-0.39, 0.29) is 0 Å². The molecule has 0 spiro atoms. The first-order valence-corrected chi connectivity index (χ1v) is 17.7. The minimum absolute atomic E-state index is 0.735. The van der Waals surface area contributed by atoms with Gasteiger partial charge in [0.2, 0.25) is 6.84 Å². The third-order valence-electron chi connectivity index (χ3n) is 5.62. The summed E-state index contributed by atoms with van der Waals surface area (Å²) in [5.74, 6) is 0. The molecule has 0 aliphatic carbocycles. The van der Waals surface area contributed by atoms with Crippen LogP contribution in [0.5, 0.6) is 0 Å². The predicted molar refractivity (Wildman–Crippen MR) is 193 cm³/mol. The minimum Gasteiger partial charge on any atom is -0.316 e. The Labute approximate surface area is 295 Å². The van der Waals surface area contributed by atoms with Crippen molar-refractivity contribution < 1.29 is 4.74 Å². The van der Waals surface area contributed by atoms with Gasteiger partial charge in [0.1, 0.15) is 0 Å². The summed E-state index contributed by atoms with van der Waals surface area (Å²) in [5, 5.41) is 0. The van der Waals surface area contributed by atoms with Gasteiger partial charge < -0.3 is 4.74 Å². The van der Waals surface area contributed by atoms with Crippen molar-refractivity contribution in [1.29, 1.82) is 0 Å². The lowest BCUT2D eigenvalue weighted by molar-refractivity contribution is 0.119. The van der Waals surface area contributed by atoms with Crippen LogP contribution < -0.4 is 0 Å². The Morgan fingerprint density at radius 3 is 1.10 bits per heavy atom. The van der Waals surface area contributed by atoms with Crippen molar-refractivity contribution in [2.45, 2.75) is 6.84 Å². The summed E-state index contributed by atoms with van der Waals surface area (Å²) < 4.78 is 7.79. The molecule has 0 aliphatic rings. The number of halogens is 8. The van der Waals surface area contributed by atoms with Crippen molar-refractivity contribution in [2.24, 2.45) is 0 Å². The van der Waals surface area contributed by atoms with Crippen LogP contribution in [0.15, 0.2) is 127 Å². The average molecular weight is 1030 g/mol. The summed E-state index contributed by atoms with van der Waals surface area (Å²) in [6.07, 6.45) is 0. The van der Waals surface area contributed by atoms with E-state index in [9.17, 15) is 0 Å². The second kappa shape index (κ2) is 14.1. The van der Waals surface area contributed by atoms with Gasteiger partial charge in [-0.2, -0.15) is 0 Å². The molecule has 0 unspecified atom stereocenters. The Morgan fingerprint density at radius 1 is 0.462 bits per heavy atom. The Hall–Kier alpha value is 0.160. The topological polar surface area (TPSA) is 9.23 Å². The summed E-state index contributed by atoms with van der Waals surface area (Å²) in [7, 11) is 0. The first kappa shape index (κ1) is 32.1. The highest BCUT2D eigenvalue weighted by atomic mass is 79.9. The number of ether oxygens (including phenoxy) is 1. The lowest BCUT2D eigenvalue weighted by Crippen LogP contribution is -2.30. The van der Waals surface area contributed by atoms with Gasteiger partial charge in [-0.25, -0.2) is 0 Å². The fraction of sp³-hybridized carbons (Fsp3) is 0.0667. The molecule has 4 aromatic carbocycles. The SMILES string of the molecule is BrC(=C(c1ccccc1)c1ccccc1Br)C(Br)(Br)OC(Br)(Br)C(Br)=C(c1ccccc1)c1ccccc1Br. The lowest BCUT2D eigenvalue weighted by Gasteiger charge is -2.33. The summed E-state index contributed by atoms with van der Waals surface area (Å²) in [6.45, 7) is 0. The van der Waals surface area contributed by atoms with E-state index in [1.165, 1.54) is 0 Å². The molecule has 0 bridgehead atoms. The largest absolute Gasteiger partial charge is 0.316 e. The van der Waals surface area contributed by atoms with Gasteiger partial charge in [-0.05, 0) is 130 Å². The zero-order chi connectivity index (χ0) is 28.2. The van der Waals surface area contributed by atoms with Gasteiger partial charge >= 0.3 is 0 Å². The molecule has 0 amide bonds. The second-order valence-corrected chi connectivity index (χ2v) is 18.1. The van der Waals surface area contributed by atoms with Crippen LogP contribution in [0.1, 0.15) is 22.3 Å². The Morgan fingerprint density at radius 2 is 0.769 bits per heavy atom. The fourth-order valence-electron chi connectivity index (χ4n) is 3.88. The molecule has 0 radical (unpaired) electrons. The van der Waals surface area contributed by atoms with Gasteiger partial charge in [-0.15, -0.1) is 0 Å². The van der Waals surface area contributed by atoms with Crippen LogP contribution in [0.4, 0.5) is 0 Å². The highest BCUT2D eigenvalue weighted by Gasteiger charge is 2.42. The predicted octanol–water partition coefficient (Wildman–Crippen LogP) is 13.1. The summed E-state index contributed by atoms with van der Waals surface area (Å²) >= 11 is 30.4. The molecule has 0 aromatic heterocycles. The molecule has 0 fully saturated rings. The number of hydrogen-bond donors (Lipinski definition) is 0. The average Bonchev–Trinajstić information content (AvgIpc) is 2.92. The van der Waals surface area contributed by atoms with Crippen molar-refractivity contribution in [3.63, 3.8) is 0 Å². The molecule has 9 heteroatoms. The molecule has 0 aliphatic heterocycles. The minimum atomic E-state index is -1.15. The molecule has 39 heavy (non-hydrogen) atoms. The van der Waals surface area contributed by atoms with Gasteiger partial charge in [0.05, 0.1) is 8.96 Å². The van der Waals surface area contributed by atoms with E-state index in [0.29, 0.717) is 0 Å². The van der Waals surface area contributed by atoms with Crippen molar-refractivity contribution in [2.75, 3.05) is 0 Å². The number of alkyl halides is 4. The quantitative estimate of drug-likeness (QED) is 0.160. The molecular formula is C30H18Br8O. The van der Waals surface area contributed by atoms with E-state index in [4.69, 9.17) is 4.74 Å². The van der Waals surface area contributed by atoms with Crippen LogP contribution in [-0.4, -0.2) is 6.84 Å². The molecule has 0 atom stereocenters. The van der Waals surface area contributed by atoms with Crippen LogP contribution in [0.25, 0.3) is 11.1 Å². The normalized spacial score (nSPS) is 13.5. The van der Waals surface area contributed by atoms with Crippen LogP contribution in [0.3, 0.4) is 0 Å². The highest BCUT2D eigenvalue weighted by molar-refractivity contribution is 9.27. The Balaban J connectivity index is 1.86. The maximum atomic E-state index is 6.70. The summed E-state index contributed by atoms with van der Waals surface area (Å²) in [6, 6.07) is 36.5. The van der Waals surface area contributed by atoms with E-state index in [2.05, 4.69) is 164 Å². The molecule has 0 heterocycles. The molecular weight excluding hydrogens is 1020 g/mol. The Kier molecular flexibility index (Phi) is 11.6. The van der Waals surface area contributed by atoms with Crippen LogP contribution >= 0.6 is 127 Å². The summed E-state index contributed by atoms with van der Waals surface area (Å²) in [4.78, 5) is 0. The first-order valence-electron chi connectivity index (χ1n) is 11.4. The molecule has 1 nitrogen and oxygen atoms in total. The third-order valence-corrected chi connectivity index (χ3v) is 13.3. The zero-order valence-electron chi connectivity index (χ0n) is 19.8. The second-order valence-electron chi connectivity index (χ2n) is 8.21. The molecule has 200 valence electrons. The van der Waals surface area contributed by atoms with Crippen molar-refractivity contribution in [3.05, 3.63) is 149 Å². The van der Waals surface area contributed by atoms with Crippen molar-refractivity contribution >= 4 is 139 Å². The maximum Gasteiger partial charge on any atom is 0.213 e. The van der Waals surface area contributed by atoms with Gasteiger partial charge in [-0.3, -0.25) is 0 Å². The number of rotatable bonds is 8. The first-order chi connectivity index (χ1) is 18.5. The van der Waals surface area contributed by atoms with Gasteiger partial charge in [-0.1, -0.05) is 129 Å². The highest BCUT2D eigenvalue weighted by Crippen LogP contribution is 2.54. The van der Waals surface area contributed by atoms with Gasteiger partial charge in [0.25, 0.3) is 0 Å². The van der Waals surface area contributed by atoms with Gasteiger partial charge in [0, 0.05) is 20.1 Å². The summed E-state index contributed by atoms with van der Waals surface area (Å²) in [5.41, 5.74) is 5.94. The third kappa shape index (κ3) is 7.77. The van der Waals surface area contributed by atoms with Gasteiger partial charge in [0.15, 0.2) is 0 Å². The van der Waals surface area contributed by atoms with E-state index < -0.39 is 6.84 Å². The molecule has 0 saturated carbocycles. The number of benzene rings is 4. The van der Waals surface area contributed by atoms with Crippen LogP contribution in [0.2, 0.25) is 0 Å². The van der Waals surface area contributed by atoms with E-state index in [0.717, 1.165) is 51.3 Å². The maximum absolute atomic E-state index is 6.70.